The molecule has 0 aliphatic heterocycles. The van der Waals surface area contributed by atoms with E-state index in [1.165, 1.54) is 18.9 Å². The first-order valence-corrected chi connectivity index (χ1v) is 7.39. The summed E-state index contributed by atoms with van der Waals surface area (Å²) in [4.78, 5) is 14.2. The minimum atomic E-state index is -0.212. The van der Waals surface area contributed by atoms with Crippen molar-refractivity contribution in [1.29, 1.82) is 0 Å². The van der Waals surface area contributed by atoms with E-state index in [1.54, 1.807) is 19.2 Å². The van der Waals surface area contributed by atoms with Crippen LogP contribution >= 0.6 is 12.4 Å². The van der Waals surface area contributed by atoms with Crippen LogP contribution in [0.4, 0.5) is 4.39 Å². The van der Waals surface area contributed by atoms with Gasteiger partial charge in [-0.05, 0) is 44.0 Å². The molecule has 2 rings (SSSR count). The summed E-state index contributed by atoms with van der Waals surface area (Å²) >= 11 is 0. The lowest BCUT2D eigenvalue weighted by Crippen LogP contribution is -2.44. The predicted octanol–water partition coefficient (Wildman–Crippen LogP) is 2.78. The molecule has 5 heteroatoms. The molecule has 118 valence electrons. The molecule has 0 bridgehead atoms. The number of hydrogen-bond acceptors (Lipinski definition) is 2. The molecule has 1 aromatic rings. The molecule has 3 nitrogen and oxygen atoms in total. The van der Waals surface area contributed by atoms with E-state index >= 15 is 0 Å². The van der Waals surface area contributed by atoms with Gasteiger partial charge in [0.15, 0.2) is 0 Å². The Morgan fingerprint density at radius 3 is 2.71 bits per heavy atom. The van der Waals surface area contributed by atoms with Gasteiger partial charge in [-0.1, -0.05) is 25.0 Å². The largest absolute Gasteiger partial charge is 0.338 e. The topological polar surface area (TPSA) is 32.3 Å². The first kappa shape index (κ1) is 17.9. The Labute approximate surface area is 132 Å². The Kier molecular flexibility index (Phi) is 7.68. The minimum Gasteiger partial charge on any atom is -0.338 e. The van der Waals surface area contributed by atoms with Crippen LogP contribution in [0.15, 0.2) is 24.3 Å². The van der Waals surface area contributed by atoms with Gasteiger partial charge in [0, 0.05) is 12.6 Å². The van der Waals surface area contributed by atoms with Crippen LogP contribution in [0.3, 0.4) is 0 Å². The average Bonchev–Trinajstić information content (AvgIpc) is 2.93. The number of nitrogens with one attached hydrogen (secondary N) is 1. The predicted molar refractivity (Wildman–Crippen MR) is 85.2 cm³/mol. The van der Waals surface area contributed by atoms with E-state index in [1.807, 2.05) is 11.0 Å². The van der Waals surface area contributed by atoms with Crippen molar-refractivity contribution in [2.24, 2.45) is 0 Å². The maximum absolute atomic E-state index is 13.2. The fraction of sp³-hybridized carbons (Fsp3) is 0.562. The van der Waals surface area contributed by atoms with E-state index in [2.05, 4.69) is 5.32 Å². The highest BCUT2D eigenvalue weighted by Crippen LogP contribution is 2.23. The van der Waals surface area contributed by atoms with Gasteiger partial charge in [0.05, 0.1) is 6.54 Å². The molecule has 1 amide bonds. The lowest BCUT2D eigenvalue weighted by atomic mass is 10.1. The second-order valence-electron chi connectivity index (χ2n) is 5.44. The number of hydrogen-bond donors (Lipinski definition) is 1. The van der Waals surface area contributed by atoms with Gasteiger partial charge in [0.25, 0.3) is 0 Å². The van der Waals surface area contributed by atoms with Crippen LogP contribution in [0.1, 0.15) is 31.2 Å². The standard InChI is InChI=1S/C16H23FN2O.ClH/c1-18-12-16(20)19(15-7-2-3-8-15)10-9-13-5-4-6-14(17)11-13;/h4-6,11,15,18H,2-3,7-10,12H2,1H3;1H. The van der Waals surface area contributed by atoms with Crippen molar-refractivity contribution in [3.63, 3.8) is 0 Å². The molecule has 21 heavy (non-hydrogen) atoms. The van der Waals surface area contributed by atoms with Crippen LogP contribution in [-0.2, 0) is 11.2 Å². The van der Waals surface area contributed by atoms with Gasteiger partial charge in [0.1, 0.15) is 5.82 Å². The monoisotopic (exact) mass is 314 g/mol. The summed E-state index contributed by atoms with van der Waals surface area (Å²) in [6.45, 7) is 1.05. The highest BCUT2D eigenvalue weighted by molar-refractivity contribution is 5.85. The van der Waals surface area contributed by atoms with Gasteiger partial charge in [-0.15, -0.1) is 12.4 Å². The van der Waals surface area contributed by atoms with E-state index in [-0.39, 0.29) is 24.1 Å². The smallest absolute Gasteiger partial charge is 0.236 e. The van der Waals surface area contributed by atoms with Crippen LogP contribution < -0.4 is 5.32 Å². The van der Waals surface area contributed by atoms with Crippen LogP contribution in [0, 0.1) is 5.82 Å². The zero-order chi connectivity index (χ0) is 14.4. The van der Waals surface area contributed by atoms with Crippen molar-refractivity contribution in [2.45, 2.75) is 38.1 Å². The zero-order valence-corrected chi connectivity index (χ0v) is 13.3. The van der Waals surface area contributed by atoms with Gasteiger partial charge < -0.3 is 10.2 Å². The van der Waals surface area contributed by atoms with E-state index < -0.39 is 0 Å². The van der Waals surface area contributed by atoms with E-state index in [0.29, 0.717) is 25.6 Å². The van der Waals surface area contributed by atoms with E-state index in [0.717, 1.165) is 18.4 Å². The van der Waals surface area contributed by atoms with Crippen LogP contribution in [0.5, 0.6) is 0 Å². The Balaban J connectivity index is 0.00000220. The Morgan fingerprint density at radius 1 is 1.38 bits per heavy atom. The second kappa shape index (κ2) is 9.00. The fourth-order valence-corrected chi connectivity index (χ4v) is 2.92. The van der Waals surface area contributed by atoms with Gasteiger partial charge in [-0.3, -0.25) is 4.79 Å². The molecule has 0 heterocycles. The summed E-state index contributed by atoms with van der Waals surface area (Å²) < 4.78 is 13.2. The third-order valence-corrected chi connectivity index (χ3v) is 3.94. The first-order valence-electron chi connectivity index (χ1n) is 7.39. The van der Waals surface area contributed by atoms with Crippen molar-refractivity contribution < 1.29 is 9.18 Å². The van der Waals surface area contributed by atoms with Gasteiger partial charge in [-0.25, -0.2) is 4.39 Å². The first-order chi connectivity index (χ1) is 9.70. The molecule has 1 saturated carbocycles. The Hall–Kier alpha value is -1.13. The van der Waals surface area contributed by atoms with Gasteiger partial charge >= 0.3 is 0 Å². The van der Waals surface area contributed by atoms with Gasteiger partial charge in [-0.2, -0.15) is 0 Å². The molecule has 1 aliphatic rings. The van der Waals surface area contributed by atoms with E-state index in [9.17, 15) is 9.18 Å². The minimum absolute atomic E-state index is 0. The molecule has 0 spiro atoms. The molecular weight excluding hydrogens is 291 g/mol. The van der Waals surface area contributed by atoms with Gasteiger partial charge in [0.2, 0.25) is 5.91 Å². The Bertz CT molecular complexity index is 450. The molecule has 1 N–H and O–H groups in total. The molecule has 1 aromatic carbocycles. The highest BCUT2D eigenvalue weighted by atomic mass is 35.5. The number of likely N-dealkylation sites (N-methyl/N-ethyl adjacent to an activating group) is 1. The number of halogens is 2. The number of rotatable bonds is 6. The summed E-state index contributed by atoms with van der Waals surface area (Å²) in [5, 5.41) is 2.93. The third-order valence-electron chi connectivity index (χ3n) is 3.94. The summed E-state index contributed by atoms with van der Waals surface area (Å²) in [6, 6.07) is 7.00. The summed E-state index contributed by atoms with van der Waals surface area (Å²) in [6.07, 6.45) is 5.31. The molecular formula is C16H24ClFN2O. The van der Waals surface area contributed by atoms with Crippen molar-refractivity contribution >= 4 is 18.3 Å². The molecule has 0 unspecified atom stereocenters. The normalized spacial score (nSPS) is 14.8. The summed E-state index contributed by atoms with van der Waals surface area (Å²) in [5.41, 5.74) is 0.949. The molecule has 0 radical (unpaired) electrons. The number of benzene rings is 1. The maximum Gasteiger partial charge on any atom is 0.236 e. The summed E-state index contributed by atoms with van der Waals surface area (Å²) in [5.74, 6) is -0.0627. The second-order valence-corrected chi connectivity index (χ2v) is 5.44. The number of carbonyl (C=O) groups is 1. The number of carbonyl (C=O) groups excluding carboxylic acids is 1. The third kappa shape index (κ3) is 5.29. The SMILES string of the molecule is CNCC(=O)N(CCc1cccc(F)c1)C1CCCC1.Cl. The van der Waals surface area contributed by atoms with Crippen molar-refractivity contribution in [2.75, 3.05) is 20.1 Å². The van der Waals surface area contributed by atoms with Crippen LogP contribution in [0.2, 0.25) is 0 Å². The van der Waals surface area contributed by atoms with Crippen molar-refractivity contribution in [3.8, 4) is 0 Å². The highest BCUT2D eigenvalue weighted by Gasteiger charge is 2.25. The molecule has 0 aromatic heterocycles. The molecule has 0 saturated heterocycles. The van der Waals surface area contributed by atoms with Crippen molar-refractivity contribution in [3.05, 3.63) is 35.6 Å². The number of amides is 1. The lowest BCUT2D eigenvalue weighted by Gasteiger charge is -2.29. The molecule has 0 atom stereocenters. The van der Waals surface area contributed by atoms with Crippen LogP contribution in [0.25, 0.3) is 0 Å². The molecule has 1 fully saturated rings. The van der Waals surface area contributed by atoms with Crippen molar-refractivity contribution in [1.82, 2.24) is 10.2 Å². The van der Waals surface area contributed by atoms with E-state index in [4.69, 9.17) is 0 Å². The quantitative estimate of drug-likeness (QED) is 0.875. The average molecular weight is 315 g/mol. The summed E-state index contributed by atoms with van der Waals surface area (Å²) in [7, 11) is 1.79. The maximum atomic E-state index is 13.2. The number of nitrogens with zero attached hydrogens (tertiary/aromatic N) is 1. The fourth-order valence-electron chi connectivity index (χ4n) is 2.92. The Morgan fingerprint density at radius 2 is 2.10 bits per heavy atom. The zero-order valence-electron chi connectivity index (χ0n) is 12.5. The lowest BCUT2D eigenvalue weighted by molar-refractivity contribution is -0.132. The molecule has 1 aliphatic carbocycles. The van der Waals surface area contributed by atoms with Crippen LogP contribution in [-0.4, -0.2) is 37.0 Å².